The number of rotatable bonds is 5. The molecule has 2 aromatic rings. The van der Waals surface area contributed by atoms with E-state index < -0.39 is 0 Å². The molecule has 0 bridgehead atoms. The van der Waals surface area contributed by atoms with Crippen molar-refractivity contribution in [2.75, 3.05) is 0 Å². The van der Waals surface area contributed by atoms with Crippen LogP contribution >= 0.6 is 0 Å². The van der Waals surface area contributed by atoms with Gasteiger partial charge < -0.3 is 5.73 Å². The Morgan fingerprint density at radius 3 is 1.88 bits per heavy atom. The lowest BCUT2D eigenvalue weighted by atomic mass is 9.75. The molecule has 2 aromatic carbocycles. The van der Waals surface area contributed by atoms with Gasteiger partial charge in [-0.1, -0.05) is 62.4 Å². The van der Waals surface area contributed by atoms with E-state index in [4.69, 9.17) is 5.73 Å². The highest BCUT2D eigenvalue weighted by Gasteiger charge is 2.25. The van der Waals surface area contributed by atoms with Gasteiger partial charge in [-0.3, -0.25) is 0 Å². The molecule has 0 aromatic heterocycles. The van der Waals surface area contributed by atoms with Gasteiger partial charge in [0, 0.05) is 6.04 Å². The third kappa shape index (κ3) is 3.89. The molecule has 0 aliphatic heterocycles. The highest BCUT2D eigenvalue weighted by Crippen LogP contribution is 2.37. The Kier molecular flexibility index (Phi) is 5.73. The smallest absolute Gasteiger partial charge is 0.00645 e. The average molecular weight is 322 g/mol. The normalized spacial score (nSPS) is 22.3. The predicted octanol–water partition coefficient (Wildman–Crippen LogP) is 5.93. The monoisotopic (exact) mass is 321 g/mol. The number of nitrogens with two attached hydrogens (primary N) is 1. The third-order valence-corrected chi connectivity index (χ3v) is 5.93. The van der Waals surface area contributed by atoms with Crippen molar-refractivity contribution in [3.63, 3.8) is 0 Å². The van der Waals surface area contributed by atoms with E-state index in [1.807, 2.05) is 0 Å². The van der Waals surface area contributed by atoms with Gasteiger partial charge in [-0.05, 0) is 72.6 Å². The summed E-state index contributed by atoms with van der Waals surface area (Å²) in [4.78, 5) is 0. The van der Waals surface area contributed by atoms with E-state index in [-0.39, 0.29) is 0 Å². The molecular formula is C23H31N. The summed E-state index contributed by atoms with van der Waals surface area (Å²) in [5.41, 5.74) is 11.8. The molecular weight excluding hydrogens is 290 g/mol. The Morgan fingerprint density at radius 2 is 1.38 bits per heavy atom. The quantitative estimate of drug-likeness (QED) is 0.726. The Hall–Kier alpha value is -1.60. The van der Waals surface area contributed by atoms with Crippen LogP contribution < -0.4 is 5.73 Å². The third-order valence-electron chi connectivity index (χ3n) is 5.93. The molecule has 1 heteroatoms. The summed E-state index contributed by atoms with van der Waals surface area (Å²) < 4.78 is 0. The first kappa shape index (κ1) is 17.2. The zero-order valence-electron chi connectivity index (χ0n) is 15.2. The van der Waals surface area contributed by atoms with Gasteiger partial charge in [0.05, 0.1) is 0 Å². The van der Waals surface area contributed by atoms with Crippen molar-refractivity contribution in [1.29, 1.82) is 0 Å². The van der Waals surface area contributed by atoms with Gasteiger partial charge in [-0.2, -0.15) is 0 Å². The highest BCUT2D eigenvalue weighted by atomic mass is 14.6. The molecule has 1 unspecified atom stereocenters. The summed E-state index contributed by atoms with van der Waals surface area (Å²) in [6.07, 6.45) is 7.38. The Bertz CT molecular complexity index is 618. The lowest BCUT2D eigenvalue weighted by Gasteiger charge is -2.32. The lowest BCUT2D eigenvalue weighted by molar-refractivity contribution is 0.277. The molecule has 0 saturated heterocycles. The maximum absolute atomic E-state index is 6.24. The van der Waals surface area contributed by atoms with Crippen LogP contribution in [0.5, 0.6) is 0 Å². The lowest BCUT2D eigenvalue weighted by Crippen LogP contribution is -2.32. The van der Waals surface area contributed by atoms with Crippen LogP contribution in [0.3, 0.4) is 0 Å². The first-order valence-corrected chi connectivity index (χ1v) is 9.66. The standard InChI is InChI=1S/C23H31N/c1-3-17-5-7-18(8-6-17)19-9-11-20(12-10-19)21-13-15-22(16-14-21)23(24)4-2/h5-12,21-23H,3-4,13-16,24H2,1-2H3. The minimum absolute atomic E-state index is 0.402. The molecule has 2 N–H and O–H groups in total. The van der Waals surface area contributed by atoms with Gasteiger partial charge in [0.2, 0.25) is 0 Å². The van der Waals surface area contributed by atoms with E-state index in [9.17, 15) is 0 Å². The maximum Gasteiger partial charge on any atom is 0.00645 e. The summed E-state index contributed by atoms with van der Waals surface area (Å²) in [6, 6.07) is 18.6. The van der Waals surface area contributed by atoms with Crippen molar-refractivity contribution in [2.45, 2.75) is 64.3 Å². The zero-order chi connectivity index (χ0) is 16.9. The van der Waals surface area contributed by atoms with Crippen LogP contribution in [0.2, 0.25) is 0 Å². The summed E-state index contributed by atoms with van der Waals surface area (Å²) >= 11 is 0. The molecule has 1 atom stereocenters. The fourth-order valence-corrected chi connectivity index (χ4v) is 4.09. The molecule has 1 nitrogen and oxygen atoms in total. The van der Waals surface area contributed by atoms with E-state index in [1.54, 1.807) is 0 Å². The second-order valence-electron chi connectivity index (χ2n) is 7.36. The molecule has 1 aliphatic rings. The Labute approximate surface area is 147 Å². The summed E-state index contributed by atoms with van der Waals surface area (Å²) in [5, 5.41) is 0. The van der Waals surface area contributed by atoms with E-state index in [2.05, 4.69) is 62.4 Å². The molecule has 0 heterocycles. The van der Waals surface area contributed by atoms with Gasteiger partial charge >= 0.3 is 0 Å². The van der Waals surface area contributed by atoms with Crippen LogP contribution in [0.4, 0.5) is 0 Å². The summed E-state index contributed by atoms with van der Waals surface area (Å²) in [6.45, 7) is 4.41. The van der Waals surface area contributed by atoms with E-state index in [0.29, 0.717) is 6.04 Å². The second kappa shape index (κ2) is 7.98. The molecule has 3 rings (SSSR count). The molecule has 1 fully saturated rings. The highest BCUT2D eigenvalue weighted by molar-refractivity contribution is 5.64. The van der Waals surface area contributed by atoms with E-state index in [0.717, 1.165) is 24.7 Å². The summed E-state index contributed by atoms with van der Waals surface area (Å²) in [7, 11) is 0. The predicted molar refractivity (Wildman–Crippen MR) is 104 cm³/mol. The SMILES string of the molecule is CCc1ccc(-c2ccc(C3CCC(C(N)CC)CC3)cc2)cc1. The van der Waals surface area contributed by atoms with Gasteiger partial charge in [0.15, 0.2) is 0 Å². The van der Waals surface area contributed by atoms with Crippen LogP contribution in [0.25, 0.3) is 11.1 Å². The fraction of sp³-hybridized carbons (Fsp3) is 0.478. The van der Waals surface area contributed by atoms with Gasteiger partial charge in [-0.15, -0.1) is 0 Å². The van der Waals surface area contributed by atoms with Gasteiger partial charge in [0.1, 0.15) is 0 Å². The van der Waals surface area contributed by atoms with Crippen molar-refractivity contribution < 1.29 is 0 Å². The topological polar surface area (TPSA) is 26.0 Å². The molecule has 1 saturated carbocycles. The molecule has 0 radical (unpaired) electrons. The number of aryl methyl sites for hydroxylation is 1. The van der Waals surface area contributed by atoms with E-state index >= 15 is 0 Å². The van der Waals surface area contributed by atoms with Crippen molar-refractivity contribution in [3.05, 3.63) is 59.7 Å². The van der Waals surface area contributed by atoms with Crippen molar-refractivity contribution in [1.82, 2.24) is 0 Å². The van der Waals surface area contributed by atoms with Crippen LogP contribution in [-0.2, 0) is 6.42 Å². The minimum Gasteiger partial charge on any atom is -0.327 e. The molecule has 0 amide bonds. The minimum atomic E-state index is 0.402. The molecule has 24 heavy (non-hydrogen) atoms. The maximum atomic E-state index is 6.24. The van der Waals surface area contributed by atoms with Crippen molar-refractivity contribution >= 4 is 0 Å². The van der Waals surface area contributed by atoms with Gasteiger partial charge in [0.25, 0.3) is 0 Å². The van der Waals surface area contributed by atoms with Crippen molar-refractivity contribution in [3.8, 4) is 11.1 Å². The molecule has 0 spiro atoms. The summed E-state index contributed by atoms with van der Waals surface area (Å²) in [5.74, 6) is 1.46. The average Bonchev–Trinajstić information content (AvgIpc) is 2.68. The Morgan fingerprint density at radius 1 is 0.833 bits per heavy atom. The molecule has 1 aliphatic carbocycles. The van der Waals surface area contributed by atoms with Crippen molar-refractivity contribution in [2.24, 2.45) is 11.7 Å². The first-order chi connectivity index (χ1) is 11.7. The number of hydrogen-bond donors (Lipinski definition) is 1. The van der Waals surface area contributed by atoms with Crippen LogP contribution in [-0.4, -0.2) is 6.04 Å². The molecule has 128 valence electrons. The number of benzene rings is 2. The van der Waals surface area contributed by atoms with Gasteiger partial charge in [-0.25, -0.2) is 0 Å². The van der Waals surface area contributed by atoms with Crippen LogP contribution in [0, 0.1) is 5.92 Å². The fourth-order valence-electron chi connectivity index (χ4n) is 4.09. The zero-order valence-corrected chi connectivity index (χ0v) is 15.2. The van der Waals surface area contributed by atoms with E-state index in [1.165, 1.54) is 47.9 Å². The number of hydrogen-bond acceptors (Lipinski definition) is 1. The van der Waals surface area contributed by atoms with Crippen LogP contribution in [0.1, 0.15) is 63.0 Å². The van der Waals surface area contributed by atoms with Crippen LogP contribution in [0.15, 0.2) is 48.5 Å². The largest absolute Gasteiger partial charge is 0.327 e. The Balaban J connectivity index is 1.64. The first-order valence-electron chi connectivity index (χ1n) is 9.66. The second-order valence-corrected chi connectivity index (χ2v) is 7.36.